The van der Waals surface area contributed by atoms with Crippen LogP contribution in [-0.2, 0) is 20.8 Å². The van der Waals surface area contributed by atoms with Crippen molar-refractivity contribution in [2.45, 2.75) is 59.4 Å². The van der Waals surface area contributed by atoms with Crippen molar-refractivity contribution in [1.82, 2.24) is 20.9 Å². The van der Waals surface area contributed by atoms with Crippen LogP contribution in [0.25, 0.3) is 0 Å². The molecule has 1 aliphatic rings. The molecule has 0 aromatic heterocycles. The summed E-state index contributed by atoms with van der Waals surface area (Å²) in [5.41, 5.74) is 2.17. The standard InChI is InChI=1S/C20H30N4O4.C7H7F.C3H8/c1-3-16-20(27)24(2)14-19(26)23-13-18(25)22-10-6-8-15-7-4-5-9-17(15)28-12-11-21-16;1-6-2-4-7(8)5-3-6;1-3-2/h4-5,7,9,16,21H,3,6,8,10-14H2,1-2H3,(H,22,25)(H,23,26);2-5H,1H3;3H2,1-2H3/t16-;;/m0../s1. The third-order valence-electron chi connectivity index (χ3n) is 5.59. The normalized spacial score (nSPS) is 17.3. The third-order valence-corrected chi connectivity index (χ3v) is 5.59. The van der Waals surface area contributed by atoms with E-state index in [1.165, 1.54) is 23.5 Å². The van der Waals surface area contributed by atoms with Gasteiger partial charge in [-0.15, -0.1) is 0 Å². The van der Waals surface area contributed by atoms with Crippen LogP contribution in [0.1, 0.15) is 51.2 Å². The van der Waals surface area contributed by atoms with Crippen LogP contribution in [0.5, 0.6) is 5.75 Å². The molecule has 39 heavy (non-hydrogen) atoms. The molecule has 0 radical (unpaired) electrons. The number of carbonyl (C=O) groups excluding carboxylic acids is 3. The summed E-state index contributed by atoms with van der Waals surface area (Å²) in [5.74, 6) is -0.125. The lowest BCUT2D eigenvalue weighted by molar-refractivity contribution is -0.136. The van der Waals surface area contributed by atoms with Gasteiger partial charge in [-0.3, -0.25) is 14.4 Å². The second kappa shape index (κ2) is 19.6. The molecular weight excluding hydrogens is 499 g/mol. The van der Waals surface area contributed by atoms with Crippen molar-refractivity contribution in [1.29, 1.82) is 0 Å². The number of ether oxygens (including phenoxy) is 1. The van der Waals surface area contributed by atoms with E-state index in [-0.39, 0.29) is 42.7 Å². The van der Waals surface area contributed by atoms with Crippen LogP contribution >= 0.6 is 0 Å². The molecule has 1 aliphatic heterocycles. The maximum absolute atomic E-state index is 12.5. The molecule has 1 heterocycles. The summed E-state index contributed by atoms with van der Waals surface area (Å²) >= 11 is 0. The summed E-state index contributed by atoms with van der Waals surface area (Å²) in [6.07, 6.45) is 3.40. The molecule has 2 aromatic carbocycles. The predicted octanol–water partition coefficient (Wildman–Crippen LogP) is 3.62. The SMILES string of the molecule is CCC.CC[C@@H]1NCCOc2ccccc2CCCNC(=O)CNC(=O)CN(C)C1=O.Cc1ccc(F)cc1. The van der Waals surface area contributed by atoms with Crippen LogP contribution in [0.15, 0.2) is 48.5 Å². The Bertz CT molecular complexity index is 980. The summed E-state index contributed by atoms with van der Waals surface area (Å²) in [5, 5.41) is 8.53. The van der Waals surface area contributed by atoms with E-state index in [0.717, 1.165) is 29.7 Å². The van der Waals surface area contributed by atoms with Gasteiger partial charge in [0.15, 0.2) is 0 Å². The number of aryl methyl sites for hydroxylation is 2. The molecule has 1 atom stereocenters. The monoisotopic (exact) mass is 544 g/mol. The fourth-order valence-electron chi connectivity index (χ4n) is 3.55. The number of rotatable bonds is 1. The lowest BCUT2D eigenvalue weighted by Crippen LogP contribution is -2.49. The van der Waals surface area contributed by atoms with Crippen molar-refractivity contribution in [3.63, 3.8) is 0 Å². The Morgan fingerprint density at radius 1 is 0.949 bits per heavy atom. The largest absolute Gasteiger partial charge is 0.492 e. The summed E-state index contributed by atoms with van der Waals surface area (Å²) in [4.78, 5) is 37.8. The van der Waals surface area contributed by atoms with Gasteiger partial charge in [0.05, 0.1) is 19.1 Å². The molecule has 8 nitrogen and oxygen atoms in total. The molecule has 0 aliphatic carbocycles. The number of nitrogens with zero attached hydrogens (tertiary/aromatic N) is 1. The van der Waals surface area contributed by atoms with Crippen LogP contribution in [0.4, 0.5) is 4.39 Å². The second-order valence-electron chi connectivity index (χ2n) is 9.30. The number of halogens is 1. The Labute approximate surface area is 232 Å². The van der Waals surface area contributed by atoms with Crippen LogP contribution < -0.4 is 20.7 Å². The van der Waals surface area contributed by atoms with E-state index >= 15 is 0 Å². The molecule has 0 unspecified atom stereocenters. The van der Waals surface area contributed by atoms with Gasteiger partial charge in [0.1, 0.15) is 18.2 Å². The molecule has 0 spiro atoms. The molecular formula is C30H45FN4O4. The number of likely N-dealkylation sites (N-methyl/N-ethyl adjacent to an activating group) is 1. The Kier molecular flexibility index (Phi) is 16.9. The maximum atomic E-state index is 12.5. The molecule has 3 amide bonds. The quantitative estimate of drug-likeness (QED) is 0.509. The molecule has 0 saturated carbocycles. The van der Waals surface area contributed by atoms with E-state index in [2.05, 4.69) is 29.8 Å². The summed E-state index contributed by atoms with van der Waals surface area (Å²) in [7, 11) is 1.58. The first kappa shape index (κ1) is 33.6. The number of carbonyl (C=O) groups is 3. The van der Waals surface area contributed by atoms with Gasteiger partial charge in [-0.1, -0.05) is 63.1 Å². The van der Waals surface area contributed by atoms with Crippen molar-refractivity contribution in [2.24, 2.45) is 0 Å². The number of amides is 3. The number of hydrogen-bond donors (Lipinski definition) is 3. The zero-order chi connectivity index (χ0) is 29.0. The smallest absolute Gasteiger partial charge is 0.240 e. The van der Waals surface area contributed by atoms with Crippen molar-refractivity contribution in [3.8, 4) is 5.75 Å². The van der Waals surface area contributed by atoms with E-state index in [0.29, 0.717) is 26.1 Å². The number of benzene rings is 2. The molecule has 9 heteroatoms. The van der Waals surface area contributed by atoms with E-state index in [9.17, 15) is 18.8 Å². The molecule has 0 bridgehead atoms. The first-order valence-corrected chi connectivity index (χ1v) is 13.7. The average Bonchev–Trinajstić information content (AvgIpc) is 2.92. The number of nitrogens with one attached hydrogen (secondary N) is 3. The summed E-state index contributed by atoms with van der Waals surface area (Å²) in [6.45, 7) is 9.37. The number of hydrogen-bond acceptors (Lipinski definition) is 5. The van der Waals surface area contributed by atoms with Gasteiger partial charge in [-0.05, 0) is 49.9 Å². The molecule has 216 valence electrons. The lowest BCUT2D eigenvalue weighted by Gasteiger charge is -2.23. The van der Waals surface area contributed by atoms with Crippen molar-refractivity contribution >= 4 is 17.7 Å². The minimum atomic E-state index is -0.390. The molecule has 3 N–H and O–H groups in total. The van der Waals surface area contributed by atoms with Gasteiger partial charge in [-0.2, -0.15) is 0 Å². The number of fused-ring (bicyclic) bond motifs is 1. The first-order chi connectivity index (χ1) is 18.7. The Morgan fingerprint density at radius 3 is 2.26 bits per heavy atom. The Morgan fingerprint density at radius 2 is 1.62 bits per heavy atom. The minimum Gasteiger partial charge on any atom is -0.492 e. The molecule has 0 fully saturated rings. The maximum Gasteiger partial charge on any atom is 0.240 e. The fraction of sp³-hybridized carbons (Fsp3) is 0.500. The van der Waals surface area contributed by atoms with Gasteiger partial charge in [0, 0.05) is 20.1 Å². The Hall–Kier alpha value is -3.46. The third kappa shape index (κ3) is 14.3. The van der Waals surface area contributed by atoms with Gasteiger partial charge < -0.3 is 25.6 Å². The zero-order valence-electron chi connectivity index (χ0n) is 24.0. The molecule has 3 rings (SSSR count). The highest BCUT2D eigenvalue weighted by Gasteiger charge is 2.21. The zero-order valence-corrected chi connectivity index (χ0v) is 24.0. The average molecular weight is 545 g/mol. The van der Waals surface area contributed by atoms with E-state index in [4.69, 9.17) is 4.74 Å². The topological polar surface area (TPSA) is 99.8 Å². The Balaban J connectivity index is 0.000000575. The molecule has 2 aromatic rings. The van der Waals surface area contributed by atoms with Crippen LogP contribution in [-0.4, -0.2) is 68.5 Å². The second-order valence-corrected chi connectivity index (χ2v) is 9.30. The van der Waals surface area contributed by atoms with E-state index in [1.54, 1.807) is 19.2 Å². The minimum absolute atomic E-state index is 0.0891. The number of para-hydroxylation sites is 1. The highest BCUT2D eigenvalue weighted by molar-refractivity contribution is 5.89. The van der Waals surface area contributed by atoms with Gasteiger partial charge in [0.2, 0.25) is 17.7 Å². The lowest BCUT2D eigenvalue weighted by atomic mass is 10.1. The van der Waals surface area contributed by atoms with Gasteiger partial charge in [-0.25, -0.2) is 4.39 Å². The first-order valence-electron chi connectivity index (χ1n) is 13.7. The summed E-state index contributed by atoms with van der Waals surface area (Å²) < 4.78 is 18.0. The fourth-order valence-corrected chi connectivity index (χ4v) is 3.55. The van der Waals surface area contributed by atoms with Crippen molar-refractivity contribution in [2.75, 3.05) is 39.8 Å². The van der Waals surface area contributed by atoms with Crippen molar-refractivity contribution in [3.05, 3.63) is 65.5 Å². The van der Waals surface area contributed by atoms with Crippen LogP contribution in [0.2, 0.25) is 0 Å². The van der Waals surface area contributed by atoms with Gasteiger partial charge in [0.25, 0.3) is 0 Å². The highest BCUT2D eigenvalue weighted by Crippen LogP contribution is 2.19. The van der Waals surface area contributed by atoms with E-state index in [1.807, 2.05) is 38.1 Å². The van der Waals surface area contributed by atoms with Gasteiger partial charge >= 0.3 is 0 Å². The highest BCUT2D eigenvalue weighted by atomic mass is 19.1. The van der Waals surface area contributed by atoms with Crippen LogP contribution in [0.3, 0.4) is 0 Å². The van der Waals surface area contributed by atoms with Crippen molar-refractivity contribution < 1.29 is 23.5 Å². The summed E-state index contributed by atoms with van der Waals surface area (Å²) in [6, 6.07) is 13.8. The van der Waals surface area contributed by atoms with Crippen LogP contribution in [0, 0.1) is 12.7 Å². The van der Waals surface area contributed by atoms with E-state index < -0.39 is 0 Å². The predicted molar refractivity (Wildman–Crippen MR) is 153 cm³/mol. The molecule has 0 saturated heterocycles.